The number of aliphatic hydroxyl groups is 1. The van der Waals surface area contributed by atoms with Crippen molar-refractivity contribution in [1.29, 1.82) is 0 Å². The molecule has 3 nitrogen and oxygen atoms in total. The van der Waals surface area contributed by atoms with Crippen molar-refractivity contribution in [3.05, 3.63) is 102 Å². The Morgan fingerprint density at radius 3 is 1.55 bits per heavy atom. The zero-order valence-corrected chi connectivity index (χ0v) is 18.6. The standard InChI is InChI=1S/C25H25AsO3/c1-20(2)29-25(28)18-24(27)19-26(21-12-6-3-7-13-21,22-14-8-4-9-15-22)23-16-10-5-11-17-23/h3-17,19-20H,18H2,1-2H3/p+1/b24-19-. The van der Waals surface area contributed by atoms with E-state index in [1.54, 1.807) is 13.8 Å². The third-order valence-electron chi connectivity index (χ3n) is 4.53. The first-order valence-electron chi connectivity index (χ1n) is 9.68. The van der Waals surface area contributed by atoms with Gasteiger partial charge in [-0.1, -0.05) is 0 Å². The fourth-order valence-electron chi connectivity index (χ4n) is 3.38. The van der Waals surface area contributed by atoms with Gasteiger partial charge in [0.05, 0.1) is 0 Å². The summed E-state index contributed by atoms with van der Waals surface area (Å²) >= 11 is -3.18. The van der Waals surface area contributed by atoms with E-state index in [1.807, 2.05) is 59.5 Å². The van der Waals surface area contributed by atoms with E-state index in [9.17, 15) is 9.90 Å². The van der Waals surface area contributed by atoms with Crippen molar-refractivity contribution in [3.63, 3.8) is 0 Å². The van der Waals surface area contributed by atoms with Crippen molar-refractivity contribution < 1.29 is 14.6 Å². The zero-order valence-electron chi connectivity index (χ0n) is 16.7. The fourth-order valence-corrected chi connectivity index (χ4v) is 11.4. The molecule has 0 aliphatic rings. The van der Waals surface area contributed by atoms with Crippen LogP contribution in [-0.4, -0.2) is 30.7 Å². The van der Waals surface area contributed by atoms with Crippen LogP contribution in [0.1, 0.15) is 20.3 Å². The van der Waals surface area contributed by atoms with Gasteiger partial charge in [-0.25, -0.2) is 0 Å². The van der Waals surface area contributed by atoms with E-state index in [0.29, 0.717) is 0 Å². The van der Waals surface area contributed by atoms with E-state index < -0.39 is 19.5 Å². The molecule has 0 fully saturated rings. The Labute approximate surface area is 175 Å². The molecule has 0 saturated heterocycles. The molecule has 0 unspecified atom stereocenters. The molecule has 0 aliphatic carbocycles. The van der Waals surface area contributed by atoms with Crippen LogP contribution >= 0.6 is 0 Å². The van der Waals surface area contributed by atoms with E-state index in [0.717, 1.165) is 0 Å². The van der Waals surface area contributed by atoms with Gasteiger partial charge >= 0.3 is 175 Å². The molecule has 0 spiro atoms. The molecule has 0 amide bonds. The monoisotopic (exact) mass is 449 g/mol. The normalized spacial score (nSPS) is 12.0. The molecule has 0 radical (unpaired) electrons. The topological polar surface area (TPSA) is 46.5 Å². The number of carbonyl (C=O) groups is 1. The van der Waals surface area contributed by atoms with E-state index in [2.05, 4.69) is 36.4 Å². The number of ether oxygens (including phenoxy) is 1. The Balaban J connectivity index is 2.20. The maximum atomic E-state index is 12.2. The van der Waals surface area contributed by atoms with Crippen LogP contribution < -0.4 is 13.1 Å². The van der Waals surface area contributed by atoms with Crippen LogP contribution in [0.4, 0.5) is 0 Å². The van der Waals surface area contributed by atoms with Gasteiger partial charge in [-0.05, 0) is 0 Å². The van der Waals surface area contributed by atoms with Gasteiger partial charge in [0.1, 0.15) is 0 Å². The van der Waals surface area contributed by atoms with Crippen LogP contribution in [0.3, 0.4) is 0 Å². The van der Waals surface area contributed by atoms with Crippen LogP contribution in [0.15, 0.2) is 102 Å². The minimum absolute atomic E-state index is 0.0553. The molecule has 148 valence electrons. The van der Waals surface area contributed by atoms with Crippen LogP contribution in [0.2, 0.25) is 0 Å². The van der Waals surface area contributed by atoms with Crippen molar-refractivity contribution >= 4 is 32.6 Å². The Hall–Kier alpha value is -2.77. The molecule has 0 bridgehead atoms. The molecule has 0 aliphatic heterocycles. The second kappa shape index (κ2) is 9.62. The maximum absolute atomic E-state index is 12.2. The number of benzene rings is 3. The van der Waals surface area contributed by atoms with Gasteiger partial charge in [0.2, 0.25) is 0 Å². The van der Waals surface area contributed by atoms with Crippen LogP contribution in [0, 0.1) is 0 Å². The third-order valence-corrected chi connectivity index (χ3v) is 13.0. The van der Waals surface area contributed by atoms with Crippen molar-refractivity contribution in [2.24, 2.45) is 0 Å². The van der Waals surface area contributed by atoms with Gasteiger partial charge in [0.25, 0.3) is 0 Å². The van der Waals surface area contributed by atoms with Gasteiger partial charge in [0.15, 0.2) is 0 Å². The van der Waals surface area contributed by atoms with Crippen molar-refractivity contribution in [2.75, 3.05) is 0 Å². The van der Waals surface area contributed by atoms with Crippen molar-refractivity contribution in [1.82, 2.24) is 0 Å². The van der Waals surface area contributed by atoms with Gasteiger partial charge < -0.3 is 0 Å². The quantitative estimate of drug-likeness (QED) is 0.341. The van der Waals surface area contributed by atoms with Crippen LogP contribution in [0.5, 0.6) is 0 Å². The van der Waals surface area contributed by atoms with E-state index in [4.69, 9.17) is 4.74 Å². The first-order chi connectivity index (χ1) is 14.0. The molecule has 29 heavy (non-hydrogen) atoms. The predicted molar refractivity (Wildman–Crippen MR) is 121 cm³/mol. The average molecular weight is 449 g/mol. The zero-order chi connectivity index (χ0) is 20.7. The summed E-state index contributed by atoms with van der Waals surface area (Å²) in [4.78, 5) is 14.1. The molecule has 4 heteroatoms. The number of esters is 1. The summed E-state index contributed by atoms with van der Waals surface area (Å²) in [6.07, 6.45) is -0.342. The summed E-state index contributed by atoms with van der Waals surface area (Å²) in [5.41, 5.74) is 0. The summed E-state index contributed by atoms with van der Waals surface area (Å²) < 4.78 is 8.75. The molecule has 0 aromatic heterocycles. The first kappa shape index (κ1) is 20.9. The Bertz CT molecular complexity index is 854. The van der Waals surface area contributed by atoms with Crippen LogP contribution in [-0.2, 0) is 9.53 Å². The number of carbonyl (C=O) groups excluding carboxylic acids is 1. The second-order valence-corrected chi connectivity index (χ2v) is 13.9. The SMILES string of the molecule is CC(C)OC(=O)C/C(O)=C/[As+](c1ccccc1)(c1ccccc1)c1ccccc1. The molecule has 0 atom stereocenters. The molecule has 3 aromatic carbocycles. The molecular formula is C25H26AsO3+. The van der Waals surface area contributed by atoms with Gasteiger partial charge in [-0.3, -0.25) is 0 Å². The van der Waals surface area contributed by atoms with Gasteiger partial charge in [0, 0.05) is 0 Å². The second-order valence-electron chi connectivity index (χ2n) is 7.07. The Morgan fingerprint density at radius 2 is 1.21 bits per heavy atom. The van der Waals surface area contributed by atoms with E-state index in [-0.39, 0.29) is 18.3 Å². The summed E-state index contributed by atoms with van der Waals surface area (Å²) in [5, 5.41) is 10.9. The predicted octanol–water partition coefficient (Wildman–Crippen LogP) is 3.48. The summed E-state index contributed by atoms with van der Waals surface area (Å²) in [5.74, 6) is -0.365. The molecule has 3 aromatic rings. The fraction of sp³-hybridized carbons (Fsp3) is 0.160. The summed E-state index contributed by atoms with van der Waals surface area (Å²) in [6.45, 7) is 3.61. The number of aliphatic hydroxyl groups excluding tert-OH is 1. The van der Waals surface area contributed by atoms with Crippen molar-refractivity contribution in [3.8, 4) is 0 Å². The molecule has 3 rings (SSSR count). The van der Waals surface area contributed by atoms with Crippen molar-refractivity contribution in [2.45, 2.75) is 26.4 Å². The van der Waals surface area contributed by atoms with E-state index in [1.165, 1.54) is 13.1 Å². The van der Waals surface area contributed by atoms with Crippen LogP contribution in [0.25, 0.3) is 0 Å². The minimum atomic E-state index is -3.18. The number of hydrogen-bond donors (Lipinski definition) is 1. The third kappa shape index (κ3) is 4.99. The Morgan fingerprint density at radius 1 is 0.828 bits per heavy atom. The van der Waals surface area contributed by atoms with Gasteiger partial charge in [-0.2, -0.15) is 0 Å². The molecule has 1 N–H and O–H groups in total. The molecule has 0 heterocycles. The van der Waals surface area contributed by atoms with E-state index >= 15 is 0 Å². The number of hydrogen-bond acceptors (Lipinski definition) is 3. The van der Waals surface area contributed by atoms with Gasteiger partial charge in [-0.15, -0.1) is 0 Å². The number of rotatable bonds is 7. The summed E-state index contributed by atoms with van der Waals surface area (Å²) in [6, 6.07) is 30.8. The Kier molecular flexibility index (Phi) is 6.95. The average Bonchev–Trinajstić information content (AvgIpc) is 2.73. The molecule has 0 saturated carbocycles. The first-order valence-corrected chi connectivity index (χ1v) is 13.6. The summed E-state index contributed by atoms with van der Waals surface area (Å²) in [7, 11) is 0. The molecular weight excluding hydrogens is 423 g/mol.